The van der Waals surface area contributed by atoms with E-state index in [1.165, 1.54) is 12.1 Å². The highest BCUT2D eigenvalue weighted by molar-refractivity contribution is 5.69. The largest absolute Gasteiger partial charge is 0.481 e. The third-order valence-corrected chi connectivity index (χ3v) is 1.56. The van der Waals surface area contributed by atoms with Gasteiger partial charge >= 0.3 is 5.97 Å². The fraction of sp³-hybridized carbons (Fsp3) is 0.375. The van der Waals surface area contributed by atoms with E-state index in [4.69, 9.17) is 5.11 Å². The maximum absolute atomic E-state index is 12.3. The van der Waals surface area contributed by atoms with E-state index in [-0.39, 0.29) is 6.42 Å². The SMILES string of the molecule is CC(Cc1ccc(F)o1)C(=O)O. The lowest BCUT2D eigenvalue weighted by molar-refractivity contribution is -0.141. The van der Waals surface area contributed by atoms with Crippen molar-refractivity contribution < 1.29 is 18.7 Å². The highest BCUT2D eigenvalue weighted by Gasteiger charge is 2.13. The minimum absolute atomic E-state index is 0.221. The summed E-state index contributed by atoms with van der Waals surface area (Å²) >= 11 is 0. The number of hydrogen-bond acceptors (Lipinski definition) is 2. The van der Waals surface area contributed by atoms with Crippen molar-refractivity contribution in [1.29, 1.82) is 0 Å². The molecule has 3 nitrogen and oxygen atoms in total. The molecular weight excluding hydrogens is 163 g/mol. The second-order valence-corrected chi connectivity index (χ2v) is 2.65. The van der Waals surface area contributed by atoms with Gasteiger partial charge in [0.1, 0.15) is 5.76 Å². The summed E-state index contributed by atoms with van der Waals surface area (Å²) in [7, 11) is 0. The first-order valence-corrected chi connectivity index (χ1v) is 3.56. The number of carbonyl (C=O) groups is 1. The fourth-order valence-corrected chi connectivity index (χ4v) is 0.851. The maximum atomic E-state index is 12.3. The Morgan fingerprint density at radius 1 is 1.75 bits per heavy atom. The van der Waals surface area contributed by atoms with Crippen molar-refractivity contribution in [3.63, 3.8) is 0 Å². The van der Waals surface area contributed by atoms with Crippen LogP contribution in [-0.4, -0.2) is 11.1 Å². The van der Waals surface area contributed by atoms with Crippen molar-refractivity contribution in [3.05, 3.63) is 23.9 Å². The molecule has 0 amide bonds. The second kappa shape index (κ2) is 3.38. The first-order chi connectivity index (χ1) is 5.59. The molecule has 1 aromatic heterocycles. The first kappa shape index (κ1) is 8.77. The van der Waals surface area contributed by atoms with Crippen LogP contribution in [0.3, 0.4) is 0 Å². The number of furan rings is 1. The van der Waals surface area contributed by atoms with Crippen LogP contribution < -0.4 is 0 Å². The molecule has 0 aromatic carbocycles. The van der Waals surface area contributed by atoms with E-state index >= 15 is 0 Å². The zero-order valence-corrected chi connectivity index (χ0v) is 6.58. The number of carboxylic acids is 1. The maximum Gasteiger partial charge on any atom is 0.306 e. The molecule has 1 heterocycles. The molecule has 1 unspecified atom stereocenters. The van der Waals surface area contributed by atoms with Gasteiger partial charge < -0.3 is 9.52 Å². The Kier molecular flexibility index (Phi) is 2.47. The van der Waals surface area contributed by atoms with Gasteiger partial charge in [0, 0.05) is 12.5 Å². The van der Waals surface area contributed by atoms with E-state index in [9.17, 15) is 9.18 Å². The van der Waals surface area contributed by atoms with Crippen LogP contribution in [0, 0.1) is 11.9 Å². The van der Waals surface area contributed by atoms with Crippen molar-refractivity contribution in [2.45, 2.75) is 13.3 Å². The molecule has 0 aliphatic heterocycles. The van der Waals surface area contributed by atoms with Gasteiger partial charge in [0.05, 0.1) is 5.92 Å². The Morgan fingerprint density at radius 3 is 2.83 bits per heavy atom. The van der Waals surface area contributed by atoms with Crippen LogP contribution in [0.4, 0.5) is 4.39 Å². The summed E-state index contributed by atoms with van der Waals surface area (Å²) in [5.74, 6) is -1.09. The van der Waals surface area contributed by atoms with E-state index in [1.54, 1.807) is 6.92 Å². The van der Waals surface area contributed by atoms with E-state index in [1.807, 2.05) is 0 Å². The Balaban J connectivity index is 2.58. The number of aliphatic carboxylic acids is 1. The lowest BCUT2D eigenvalue weighted by Gasteiger charge is -2.01. The molecule has 0 spiro atoms. The lowest BCUT2D eigenvalue weighted by Crippen LogP contribution is -2.11. The molecule has 1 atom stereocenters. The van der Waals surface area contributed by atoms with Crippen molar-refractivity contribution in [2.75, 3.05) is 0 Å². The fourth-order valence-electron chi connectivity index (χ4n) is 0.851. The summed E-state index contributed by atoms with van der Waals surface area (Å²) < 4.78 is 16.8. The van der Waals surface area contributed by atoms with Gasteiger partial charge in [-0.1, -0.05) is 6.92 Å². The molecule has 1 rings (SSSR count). The topological polar surface area (TPSA) is 50.4 Å². The van der Waals surface area contributed by atoms with Crippen LogP contribution in [0.25, 0.3) is 0 Å². The molecule has 0 saturated heterocycles. The lowest BCUT2D eigenvalue weighted by atomic mass is 10.1. The normalized spacial score (nSPS) is 12.8. The smallest absolute Gasteiger partial charge is 0.306 e. The second-order valence-electron chi connectivity index (χ2n) is 2.65. The number of rotatable bonds is 3. The molecule has 12 heavy (non-hydrogen) atoms. The number of carboxylic acid groups (broad SMARTS) is 1. The molecule has 66 valence electrons. The average molecular weight is 172 g/mol. The first-order valence-electron chi connectivity index (χ1n) is 3.56. The van der Waals surface area contributed by atoms with E-state index in [0.29, 0.717) is 5.76 Å². The van der Waals surface area contributed by atoms with Gasteiger partial charge in [-0.05, 0) is 6.07 Å². The van der Waals surface area contributed by atoms with E-state index in [0.717, 1.165) is 0 Å². The zero-order chi connectivity index (χ0) is 9.14. The van der Waals surface area contributed by atoms with Gasteiger partial charge in [-0.3, -0.25) is 4.79 Å². The molecular formula is C8H9FO3. The number of halogens is 1. The van der Waals surface area contributed by atoms with Crippen molar-refractivity contribution in [2.24, 2.45) is 5.92 Å². The predicted octanol–water partition coefficient (Wildman–Crippen LogP) is 1.68. The molecule has 0 aliphatic rings. The summed E-state index contributed by atoms with van der Waals surface area (Å²) in [6, 6.07) is 1.93. The molecule has 4 heteroatoms. The molecule has 1 aromatic rings. The Bertz CT molecular complexity index is 280. The molecule has 0 radical (unpaired) electrons. The highest BCUT2D eigenvalue weighted by atomic mass is 19.1. The minimum Gasteiger partial charge on any atom is -0.481 e. The molecule has 0 bridgehead atoms. The van der Waals surface area contributed by atoms with Crippen molar-refractivity contribution in [3.8, 4) is 0 Å². The molecule has 0 aliphatic carbocycles. The van der Waals surface area contributed by atoms with Crippen LogP contribution in [-0.2, 0) is 11.2 Å². The summed E-state index contributed by atoms with van der Waals surface area (Å²) in [5.41, 5.74) is 0. The van der Waals surface area contributed by atoms with Gasteiger partial charge in [-0.25, -0.2) is 0 Å². The van der Waals surface area contributed by atoms with E-state index in [2.05, 4.69) is 4.42 Å². The Hall–Kier alpha value is -1.32. The molecule has 1 N–H and O–H groups in total. The van der Waals surface area contributed by atoms with E-state index < -0.39 is 17.9 Å². The Morgan fingerprint density at radius 2 is 2.42 bits per heavy atom. The van der Waals surface area contributed by atoms with Gasteiger partial charge in [0.2, 0.25) is 0 Å². The van der Waals surface area contributed by atoms with Gasteiger partial charge in [0.25, 0.3) is 6.01 Å². The standard InChI is InChI=1S/C8H9FO3/c1-5(8(10)11)4-6-2-3-7(9)12-6/h2-3,5H,4H2,1H3,(H,10,11). The summed E-state index contributed by atoms with van der Waals surface area (Å²) in [6.45, 7) is 1.54. The summed E-state index contributed by atoms with van der Waals surface area (Å²) in [4.78, 5) is 10.4. The van der Waals surface area contributed by atoms with Crippen LogP contribution >= 0.6 is 0 Å². The predicted molar refractivity (Wildman–Crippen MR) is 39.2 cm³/mol. The van der Waals surface area contributed by atoms with Crippen LogP contribution in [0.15, 0.2) is 16.5 Å². The Labute approximate surface area is 68.8 Å². The summed E-state index contributed by atoms with van der Waals surface area (Å²) in [6.07, 6.45) is 0.221. The van der Waals surface area contributed by atoms with Gasteiger partial charge in [-0.15, -0.1) is 0 Å². The quantitative estimate of drug-likeness (QED) is 0.754. The third-order valence-electron chi connectivity index (χ3n) is 1.56. The van der Waals surface area contributed by atoms with Crippen molar-refractivity contribution >= 4 is 5.97 Å². The minimum atomic E-state index is -0.910. The van der Waals surface area contributed by atoms with Gasteiger partial charge in [0.15, 0.2) is 0 Å². The highest BCUT2D eigenvalue weighted by Crippen LogP contribution is 2.11. The molecule has 0 fully saturated rings. The zero-order valence-electron chi connectivity index (χ0n) is 6.58. The van der Waals surface area contributed by atoms with Crippen LogP contribution in [0.2, 0.25) is 0 Å². The number of hydrogen-bond donors (Lipinski definition) is 1. The van der Waals surface area contributed by atoms with Crippen molar-refractivity contribution in [1.82, 2.24) is 0 Å². The van der Waals surface area contributed by atoms with Crippen LogP contribution in [0.5, 0.6) is 0 Å². The third kappa shape index (κ3) is 2.08. The van der Waals surface area contributed by atoms with Gasteiger partial charge in [-0.2, -0.15) is 4.39 Å². The summed E-state index contributed by atoms with van der Waals surface area (Å²) in [5, 5.41) is 8.51. The monoisotopic (exact) mass is 172 g/mol. The molecule has 0 saturated carbocycles. The van der Waals surface area contributed by atoms with Crippen LogP contribution in [0.1, 0.15) is 12.7 Å². The average Bonchev–Trinajstić information content (AvgIpc) is 2.35.